The van der Waals surface area contributed by atoms with Crippen LogP contribution >= 0.6 is 0 Å². The van der Waals surface area contributed by atoms with Crippen molar-refractivity contribution in [3.8, 4) is 0 Å². The number of carbonyl (C=O) groups excluding carboxylic acids is 2. The van der Waals surface area contributed by atoms with Gasteiger partial charge in [-0.3, -0.25) is 19.0 Å². The van der Waals surface area contributed by atoms with Gasteiger partial charge in [-0.15, -0.1) is 0 Å². The van der Waals surface area contributed by atoms with Gasteiger partial charge in [0, 0.05) is 44.6 Å². The number of fused-ring (bicyclic) bond motifs is 1. The van der Waals surface area contributed by atoms with E-state index in [1.54, 1.807) is 12.4 Å². The summed E-state index contributed by atoms with van der Waals surface area (Å²) in [5, 5.41) is 2.98. The van der Waals surface area contributed by atoms with Crippen LogP contribution in [0.1, 0.15) is 54.4 Å². The molecule has 0 aliphatic rings. The second-order valence-electron chi connectivity index (χ2n) is 7.62. The molecular formula is C24H31N5O2. The van der Waals surface area contributed by atoms with Gasteiger partial charge in [0.25, 0.3) is 5.91 Å². The molecule has 0 aliphatic carbocycles. The van der Waals surface area contributed by atoms with E-state index in [9.17, 15) is 9.59 Å². The predicted molar refractivity (Wildman–Crippen MR) is 121 cm³/mol. The second kappa shape index (κ2) is 11.2. The lowest BCUT2D eigenvalue weighted by molar-refractivity contribution is -0.131. The molecule has 0 spiro atoms. The molecule has 2 amide bonds. The zero-order chi connectivity index (χ0) is 22.1. The van der Waals surface area contributed by atoms with E-state index in [1.165, 1.54) is 5.56 Å². The van der Waals surface area contributed by atoms with E-state index in [1.807, 2.05) is 59.7 Å². The monoisotopic (exact) mass is 421 g/mol. The molecule has 0 aliphatic heterocycles. The van der Waals surface area contributed by atoms with Crippen molar-refractivity contribution >= 4 is 17.5 Å². The van der Waals surface area contributed by atoms with Gasteiger partial charge in [-0.1, -0.05) is 12.5 Å². The van der Waals surface area contributed by atoms with Gasteiger partial charge in [0.15, 0.2) is 0 Å². The van der Waals surface area contributed by atoms with Gasteiger partial charge in [0.2, 0.25) is 5.91 Å². The summed E-state index contributed by atoms with van der Waals surface area (Å²) in [5.74, 6) is 0.0856. The molecule has 164 valence electrons. The molecule has 0 saturated heterocycles. The first-order valence-corrected chi connectivity index (χ1v) is 11.0. The van der Waals surface area contributed by atoms with Crippen LogP contribution in [0.25, 0.3) is 5.65 Å². The average molecular weight is 422 g/mol. The second-order valence-corrected chi connectivity index (χ2v) is 7.62. The summed E-state index contributed by atoms with van der Waals surface area (Å²) >= 11 is 0. The molecule has 0 aromatic carbocycles. The predicted octanol–water partition coefficient (Wildman–Crippen LogP) is 3.42. The topological polar surface area (TPSA) is 79.6 Å². The maximum atomic E-state index is 12.6. The van der Waals surface area contributed by atoms with Crippen LogP contribution in [0, 0.1) is 6.92 Å². The SMILES string of the molecule is CCN(CCc1ccncc1)C(=O)CCCCCNC(=O)c1c(C)nc2ccccn12. The summed E-state index contributed by atoms with van der Waals surface area (Å²) < 4.78 is 1.81. The van der Waals surface area contributed by atoms with Gasteiger partial charge in [0.1, 0.15) is 11.3 Å². The molecule has 0 radical (unpaired) electrons. The Morgan fingerprint density at radius 2 is 1.90 bits per heavy atom. The maximum absolute atomic E-state index is 12.6. The number of nitrogens with one attached hydrogen (secondary N) is 1. The van der Waals surface area contributed by atoms with Crippen LogP contribution in [-0.4, -0.2) is 50.7 Å². The number of unbranched alkanes of at least 4 members (excludes halogenated alkanes) is 2. The fraction of sp³-hybridized carbons (Fsp3) is 0.417. The van der Waals surface area contributed by atoms with Crippen LogP contribution in [0.3, 0.4) is 0 Å². The first-order valence-electron chi connectivity index (χ1n) is 11.0. The summed E-state index contributed by atoms with van der Waals surface area (Å²) in [6, 6.07) is 9.65. The first kappa shape index (κ1) is 22.5. The number of carbonyl (C=O) groups is 2. The third-order valence-corrected chi connectivity index (χ3v) is 5.43. The maximum Gasteiger partial charge on any atom is 0.270 e. The first-order chi connectivity index (χ1) is 15.1. The highest BCUT2D eigenvalue weighted by molar-refractivity contribution is 5.94. The molecular weight excluding hydrogens is 390 g/mol. The number of hydrogen-bond acceptors (Lipinski definition) is 4. The molecule has 1 N–H and O–H groups in total. The highest BCUT2D eigenvalue weighted by Crippen LogP contribution is 2.12. The van der Waals surface area contributed by atoms with Crippen LogP contribution in [0.15, 0.2) is 48.9 Å². The van der Waals surface area contributed by atoms with E-state index in [0.717, 1.165) is 50.1 Å². The zero-order valence-corrected chi connectivity index (χ0v) is 18.4. The lowest BCUT2D eigenvalue weighted by Crippen LogP contribution is -2.32. The average Bonchev–Trinajstić information content (AvgIpc) is 3.12. The van der Waals surface area contributed by atoms with Crippen molar-refractivity contribution in [1.82, 2.24) is 24.6 Å². The molecule has 0 unspecified atom stereocenters. The standard InChI is InChI=1S/C24H31N5O2/c1-3-28(18-13-20-11-15-25-16-12-20)22(30)10-5-4-7-14-26-24(31)23-19(2)27-21-9-6-8-17-29(21)23/h6,8-9,11-12,15-17H,3-5,7,10,13-14,18H2,1-2H3,(H,26,31). The number of imidazole rings is 1. The van der Waals surface area contributed by atoms with Gasteiger partial charge >= 0.3 is 0 Å². The third kappa shape index (κ3) is 6.13. The van der Waals surface area contributed by atoms with Crippen molar-refractivity contribution in [2.24, 2.45) is 0 Å². The molecule has 3 rings (SSSR count). The normalized spacial score (nSPS) is 10.9. The molecule has 3 heterocycles. The van der Waals surface area contributed by atoms with Gasteiger partial charge < -0.3 is 10.2 Å². The van der Waals surface area contributed by atoms with Crippen molar-refractivity contribution < 1.29 is 9.59 Å². The Balaban J connectivity index is 1.35. The van der Waals surface area contributed by atoms with Crippen LogP contribution in [0.4, 0.5) is 0 Å². The van der Waals surface area contributed by atoms with Crippen molar-refractivity contribution in [1.29, 1.82) is 0 Å². The number of aromatic nitrogens is 3. The van der Waals surface area contributed by atoms with E-state index in [4.69, 9.17) is 0 Å². The fourth-order valence-corrected chi connectivity index (χ4v) is 3.68. The number of nitrogens with zero attached hydrogens (tertiary/aromatic N) is 4. The molecule has 0 saturated carbocycles. The molecule has 0 atom stereocenters. The third-order valence-electron chi connectivity index (χ3n) is 5.43. The van der Waals surface area contributed by atoms with E-state index in [2.05, 4.69) is 15.3 Å². The molecule has 0 fully saturated rings. The fourth-order valence-electron chi connectivity index (χ4n) is 3.68. The van der Waals surface area contributed by atoms with Gasteiger partial charge in [-0.2, -0.15) is 0 Å². The number of hydrogen-bond donors (Lipinski definition) is 1. The lowest BCUT2D eigenvalue weighted by atomic mass is 10.1. The Labute approximate surface area is 183 Å². The quantitative estimate of drug-likeness (QED) is 0.481. The highest BCUT2D eigenvalue weighted by Gasteiger charge is 2.16. The summed E-state index contributed by atoms with van der Waals surface area (Å²) in [6.07, 6.45) is 9.38. The Kier molecular flexibility index (Phi) is 8.15. The van der Waals surface area contributed by atoms with Gasteiger partial charge in [-0.25, -0.2) is 4.98 Å². The van der Waals surface area contributed by atoms with Crippen molar-refractivity contribution in [3.63, 3.8) is 0 Å². The summed E-state index contributed by atoms with van der Waals surface area (Å²) in [4.78, 5) is 35.4. The largest absolute Gasteiger partial charge is 0.351 e. The molecule has 7 heteroatoms. The number of pyridine rings is 2. The molecule has 31 heavy (non-hydrogen) atoms. The minimum atomic E-state index is -0.111. The van der Waals surface area contributed by atoms with E-state index in [0.29, 0.717) is 18.7 Å². The van der Waals surface area contributed by atoms with Crippen LogP contribution in [0.5, 0.6) is 0 Å². The van der Waals surface area contributed by atoms with E-state index >= 15 is 0 Å². The summed E-state index contributed by atoms with van der Waals surface area (Å²) in [7, 11) is 0. The van der Waals surface area contributed by atoms with Crippen LogP contribution < -0.4 is 5.32 Å². The minimum Gasteiger partial charge on any atom is -0.351 e. The molecule has 7 nitrogen and oxygen atoms in total. The number of aryl methyl sites for hydroxylation is 1. The lowest BCUT2D eigenvalue weighted by Gasteiger charge is -2.21. The van der Waals surface area contributed by atoms with Crippen molar-refractivity contribution in [2.45, 2.75) is 46.0 Å². The number of amides is 2. The van der Waals surface area contributed by atoms with Crippen molar-refractivity contribution in [2.75, 3.05) is 19.6 Å². The van der Waals surface area contributed by atoms with Crippen LogP contribution in [0.2, 0.25) is 0 Å². The minimum absolute atomic E-state index is 0.111. The molecule has 3 aromatic rings. The Morgan fingerprint density at radius 1 is 1.10 bits per heavy atom. The van der Waals surface area contributed by atoms with Crippen molar-refractivity contribution in [3.05, 3.63) is 65.9 Å². The zero-order valence-electron chi connectivity index (χ0n) is 18.4. The molecule has 0 bridgehead atoms. The molecule has 3 aromatic heterocycles. The Bertz CT molecular complexity index is 1000. The summed E-state index contributed by atoms with van der Waals surface area (Å²) in [6.45, 7) is 5.91. The number of rotatable bonds is 11. The summed E-state index contributed by atoms with van der Waals surface area (Å²) in [5.41, 5.74) is 3.27. The van der Waals surface area contributed by atoms with E-state index in [-0.39, 0.29) is 11.8 Å². The van der Waals surface area contributed by atoms with Crippen LogP contribution in [-0.2, 0) is 11.2 Å². The highest BCUT2D eigenvalue weighted by atomic mass is 16.2. The smallest absolute Gasteiger partial charge is 0.270 e. The van der Waals surface area contributed by atoms with Gasteiger partial charge in [-0.05, 0) is 62.9 Å². The Hall–Kier alpha value is -3.22. The van der Waals surface area contributed by atoms with Gasteiger partial charge in [0.05, 0.1) is 5.69 Å². The number of likely N-dealkylation sites (N-methyl/N-ethyl adjacent to an activating group) is 1. The van der Waals surface area contributed by atoms with E-state index < -0.39 is 0 Å². The Morgan fingerprint density at radius 3 is 2.68 bits per heavy atom.